The normalized spacial score (nSPS) is 11.1. The molecule has 0 amide bonds. The third-order valence-corrected chi connectivity index (χ3v) is 4.67. The summed E-state index contributed by atoms with van der Waals surface area (Å²) in [5, 5.41) is 15.7. The van der Waals surface area contributed by atoms with Gasteiger partial charge in [0, 0.05) is 21.7 Å². The molecule has 0 fully saturated rings. The van der Waals surface area contributed by atoms with Gasteiger partial charge in [-0.2, -0.15) is 5.10 Å². The van der Waals surface area contributed by atoms with Crippen molar-refractivity contribution >= 4 is 28.5 Å². The quantitative estimate of drug-likeness (QED) is 0.542. The van der Waals surface area contributed by atoms with Crippen LogP contribution in [-0.2, 0) is 0 Å². The van der Waals surface area contributed by atoms with Crippen LogP contribution in [0.15, 0.2) is 54.6 Å². The maximum absolute atomic E-state index is 12.3. The predicted molar refractivity (Wildman–Crippen MR) is 106 cm³/mol. The number of rotatable bonds is 3. The number of fused-ring (bicyclic) bond motifs is 1. The fourth-order valence-electron chi connectivity index (χ4n) is 3.29. The molecule has 0 atom stereocenters. The molecule has 0 aliphatic heterocycles. The lowest BCUT2D eigenvalue weighted by Crippen LogP contribution is -2.12. The van der Waals surface area contributed by atoms with Crippen LogP contribution >= 0.6 is 11.6 Å². The van der Waals surface area contributed by atoms with Crippen LogP contribution < -0.4 is 0 Å². The molecule has 2 aromatic carbocycles. The summed E-state index contributed by atoms with van der Waals surface area (Å²) in [5.74, 6) is -1.02. The molecule has 0 radical (unpaired) electrons. The van der Waals surface area contributed by atoms with Gasteiger partial charge in [0.05, 0.1) is 22.5 Å². The molecule has 0 spiro atoms. The van der Waals surface area contributed by atoms with E-state index >= 15 is 0 Å². The molecule has 0 saturated carbocycles. The minimum atomic E-state index is -1.02. The van der Waals surface area contributed by atoms with Crippen molar-refractivity contribution in [1.82, 2.24) is 14.8 Å². The van der Waals surface area contributed by atoms with E-state index in [4.69, 9.17) is 16.6 Å². The van der Waals surface area contributed by atoms with Crippen molar-refractivity contribution in [3.63, 3.8) is 0 Å². The summed E-state index contributed by atoms with van der Waals surface area (Å²) in [4.78, 5) is 17.1. The van der Waals surface area contributed by atoms with Crippen molar-refractivity contribution in [1.29, 1.82) is 0 Å². The first kappa shape index (κ1) is 17.2. The molecule has 1 N–H and O–H groups in total. The van der Waals surface area contributed by atoms with Crippen LogP contribution in [0, 0.1) is 13.8 Å². The van der Waals surface area contributed by atoms with Crippen LogP contribution in [0.1, 0.15) is 21.7 Å². The van der Waals surface area contributed by atoms with E-state index in [2.05, 4.69) is 5.10 Å². The predicted octanol–water partition coefficient (Wildman–Crippen LogP) is 5.06. The van der Waals surface area contributed by atoms with Gasteiger partial charge in [0.25, 0.3) is 0 Å². The molecule has 0 bridgehead atoms. The number of hydrogen-bond acceptors (Lipinski definition) is 3. The van der Waals surface area contributed by atoms with Crippen molar-refractivity contribution in [2.75, 3.05) is 0 Å². The number of pyridine rings is 1. The Morgan fingerprint density at radius 3 is 2.41 bits per heavy atom. The molecule has 27 heavy (non-hydrogen) atoms. The molecule has 0 aliphatic rings. The number of nitrogens with zero attached hydrogens (tertiary/aromatic N) is 3. The summed E-state index contributed by atoms with van der Waals surface area (Å²) in [6.45, 7) is 3.77. The van der Waals surface area contributed by atoms with E-state index in [0.717, 1.165) is 17.0 Å². The molecule has 2 aromatic heterocycles. The standard InChI is InChI=1S/C21H16ClN3O2/c1-12-11-13(2)25(24-12)20-18(21(26)27)16-5-3-4-6-17(16)23-19(20)14-7-9-15(22)10-8-14/h3-11H,1-2H3,(H,26,27). The average molecular weight is 378 g/mol. The van der Waals surface area contributed by atoms with Crippen molar-refractivity contribution < 1.29 is 9.90 Å². The molecule has 134 valence electrons. The Labute approximate surface area is 160 Å². The fraction of sp³-hybridized carbons (Fsp3) is 0.0952. The summed E-state index contributed by atoms with van der Waals surface area (Å²) in [6, 6.07) is 16.3. The van der Waals surface area contributed by atoms with Gasteiger partial charge >= 0.3 is 5.97 Å². The molecule has 4 aromatic rings. The third kappa shape index (κ3) is 2.96. The monoisotopic (exact) mass is 377 g/mol. The number of carbonyl (C=O) groups is 1. The number of aromatic carboxylic acids is 1. The van der Waals surface area contributed by atoms with Crippen LogP contribution in [-0.4, -0.2) is 25.8 Å². The summed E-state index contributed by atoms with van der Waals surface area (Å²) < 4.78 is 1.65. The summed E-state index contributed by atoms with van der Waals surface area (Å²) in [5.41, 5.74) is 4.21. The Morgan fingerprint density at radius 2 is 1.78 bits per heavy atom. The molecular weight excluding hydrogens is 362 g/mol. The summed E-state index contributed by atoms with van der Waals surface area (Å²) in [7, 11) is 0. The zero-order valence-corrected chi connectivity index (χ0v) is 15.5. The third-order valence-electron chi connectivity index (χ3n) is 4.42. The zero-order valence-electron chi connectivity index (χ0n) is 14.8. The number of para-hydroxylation sites is 1. The molecular formula is C21H16ClN3O2. The first-order valence-corrected chi connectivity index (χ1v) is 8.79. The number of aryl methyl sites for hydroxylation is 2. The Bertz CT molecular complexity index is 1180. The first-order valence-electron chi connectivity index (χ1n) is 8.41. The van der Waals surface area contributed by atoms with E-state index in [1.165, 1.54) is 0 Å². The number of benzene rings is 2. The molecule has 0 saturated heterocycles. The second-order valence-corrected chi connectivity index (χ2v) is 6.79. The topological polar surface area (TPSA) is 68.0 Å². The molecule has 2 heterocycles. The minimum Gasteiger partial charge on any atom is -0.478 e. The van der Waals surface area contributed by atoms with Crippen LogP contribution in [0.2, 0.25) is 5.02 Å². The number of carboxylic acids is 1. The highest BCUT2D eigenvalue weighted by Gasteiger charge is 2.24. The van der Waals surface area contributed by atoms with Crippen molar-refractivity contribution in [2.24, 2.45) is 0 Å². The Hall–Kier alpha value is -3.18. The largest absolute Gasteiger partial charge is 0.478 e. The lowest BCUT2D eigenvalue weighted by molar-refractivity contribution is 0.0699. The Kier molecular flexibility index (Phi) is 4.16. The van der Waals surface area contributed by atoms with E-state index in [0.29, 0.717) is 27.3 Å². The molecule has 0 unspecified atom stereocenters. The van der Waals surface area contributed by atoms with Gasteiger partial charge in [-0.15, -0.1) is 0 Å². The highest BCUT2D eigenvalue weighted by Crippen LogP contribution is 2.34. The SMILES string of the molecule is Cc1cc(C)n(-c2c(-c3ccc(Cl)cc3)nc3ccccc3c2C(=O)O)n1. The van der Waals surface area contributed by atoms with Crippen LogP contribution in [0.3, 0.4) is 0 Å². The lowest BCUT2D eigenvalue weighted by Gasteiger charge is -2.16. The van der Waals surface area contributed by atoms with Crippen molar-refractivity contribution in [3.05, 3.63) is 76.6 Å². The molecule has 5 nitrogen and oxygen atoms in total. The van der Waals surface area contributed by atoms with Crippen molar-refractivity contribution in [2.45, 2.75) is 13.8 Å². The summed E-state index contributed by atoms with van der Waals surface area (Å²) >= 11 is 6.03. The van der Waals surface area contributed by atoms with E-state index < -0.39 is 5.97 Å². The fourth-order valence-corrected chi connectivity index (χ4v) is 3.41. The number of carboxylic acid groups (broad SMARTS) is 1. The minimum absolute atomic E-state index is 0.178. The summed E-state index contributed by atoms with van der Waals surface area (Å²) in [6.07, 6.45) is 0. The maximum Gasteiger partial charge on any atom is 0.338 e. The smallest absolute Gasteiger partial charge is 0.338 e. The van der Waals surface area contributed by atoms with Gasteiger partial charge in [-0.3, -0.25) is 0 Å². The second kappa shape index (κ2) is 6.52. The lowest BCUT2D eigenvalue weighted by atomic mass is 10.0. The highest BCUT2D eigenvalue weighted by atomic mass is 35.5. The zero-order chi connectivity index (χ0) is 19.1. The van der Waals surface area contributed by atoms with Crippen molar-refractivity contribution in [3.8, 4) is 16.9 Å². The second-order valence-electron chi connectivity index (χ2n) is 6.35. The van der Waals surface area contributed by atoms with E-state index in [-0.39, 0.29) is 5.56 Å². The van der Waals surface area contributed by atoms with Gasteiger partial charge in [0.15, 0.2) is 0 Å². The number of halogens is 1. The number of aromatic nitrogens is 3. The van der Waals surface area contributed by atoms with Crippen LogP contribution in [0.4, 0.5) is 0 Å². The molecule has 0 aliphatic carbocycles. The average Bonchev–Trinajstić information content (AvgIpc) is 2.98. The van der Waals surface area contributed by atoms with Crippen LogP contribution in [0.5, 0.6) is 0 Å². The van der Waals surface area contributed by atoms with Crippen LogP contribution in [0.25, 0.3) is 27.8 Å². The Morgan fingerprint density at radius 1 is 1.07 bits per heavy atom. The molecule has 4 rings (SSSR count). The van der Waals surface area contributed by atoms with Gasteiger partial charge in [-0.1, -0.05) is 41.9 Å². The van der Waals surface area contributed by atoms with E-state index in [1.54, 1.807) is 22.9 Å². The van der Waals surface area contributed by atoms with Gasteiger partial charge < -0.3 is 5.11 Å². The van der Waals surface area contributed by atoms with E-state index in [9.17, 15) is 9.90 Å². The Balaban J connectivity index is 2.18. The molecule has 6 heteroatoms. The highest BCUT2D eigenvalue weighted by molar-refractivity contribution is 6.30. The first-order chi connectivity index (χ1) is 13.0. The maximum atomic E-state index is 12.3. The van der Waals surface area contributed by atoms with Gasteiger partial charge in [-0.05, 0) is 38.1 Å². The van der Waals surface area contributed by atoms with Gasteiger partial charge in [0.1, 0.15) is 5.69 Å². The van der Waals surface area contributed by atoms with Gasteiger partial charge in [-0.25, -0.2) is 14.5 Å². The van der Waals surface area contributed by atoms with E-state index in [1.807, 2.05) is 50.2 Å². The van der Waals surface area contributed by atoms with Gasteiger partial charge in [0.2, 0.25) is 0 Å². The number of hydrogen-bond donors (Lipinski definition) is 1.